The van der Waals surface area contributed by atoms with E-state index >= 15 is 0 Å². The van der Waals surface area contributed by atoms with Crippen LogP contribution in [0.1, 0.15) is 16.9 Å². The van der Waals surface area contributed by atoms with E-state index in [1.54, 1.807) is 17.3 Å². The molecule has 1 aliphatic rings. The first kappa shape index (κ1) is 14.0. The average Bonchev–Trinajstić information content (AvgIpc) is 3.11. The summed E-state index contributed by atoms with van der Waals surface area (Å²) >= 11 is 1.37. The molecule has 3 rings (SSSR count). The first-order chi connectivity index (χ1) is 10.1. The first-order valence-electron chi connectivity index (χ1n) is 6.69. The van der Waals surface area contributed by atoms with E-state index in [1.807, 2.05) is 14.0 Å². The Morgan fingerprint density at radius 2 is 2.33 bits per heavy atom. The zero-order valence-corrected chi connectivity index (χ0v) is 12.7. The summed E-state index contributed by atoms with van der Waals surface area (Å²) in [5, 5.41) is 12.0. The molecule has 0 unspecified atom stereocenters. The Morgan fingerprint density at radius 1 is 1.48 bits per heavy atom. The first-order valence-corrected chi connectivity index (χ1v) is 7.50. The van der Waals surface area contributed by atoms with Crippen molar-refractivity contribution in [1.82, 2.24) is 30.0 Å². The van der Waals surface area contributed by atoms with Gasteiger partial charge in [-0.2, -0.15) is 0 Å². The Bertz CT molecular complexity index is 611. The smallest absolute Gasteiger partial charge is 0.323 e. The van der Waals surface area contributed by atoms with Gasteiger partial charge >= 0.3 is 6.03 Å². The largest absolute Gasteiger partial charge is 0.347 e. The lowest BCUT2D eigenvalue weighted by Gasteiger charge is -2.38. The van der Waals surface area contributed by atoms with Gasteiger partial charge in [-0.25, -0.2) is 9.78 Å². The van der Waals surface area contributed by atoms with E-state index in [0.717, 1.165) is 17.4 Å². The summed E-state index contributed by atoms with van der Waals surface area (Å²) in [6.07, 6.45) is 3.53. The van der Waals surface area contributed by atoms with Crippen molar-refractivity contribution in [2.24, 2.45) is 0 Å². The van der Waals surface area contributed by atoms with Gasteiger partial charge < -0.3 is 9.88 Å². The molecule has 1 atom stereocenters. The second kappa shape index (κ2) is 5.78. The molecule has 112 valence electrons. The van der Waals surface area contributed by atoms with Crippen molar-refractivity contribution in [3.05, 3.63) is 23.2 Å². The number of urea groups is 1. The normalized spacial score (nSPS) is 19.7. The number of likely N-dealkylation sites (N-methyl/N-ethyl adjacent to an activating group) is 1. The van der Waals surface area contributed by atoms with Gasteiger partial charge in [0.2, 0.25) is 5.13 Å². The van der Waals surface area contributed by atoms with Gasteiger partial charge in [-0.15, -0.1) is 10.2 Å². The molecule has 21 heavy (non-hydrogen) atoms. The molecule has 1 aliphatic heterocycles. The quantitative estimate of drug-likeness (QED) is 0.867. The number of aromatic amines is 1. The zero-order valence-electron chi connectivity index (χ0n) is 11.9. The number of amides is 2. The Hall–Kier alpha value is -2.00. The molecule has 1 saturated heterocycles. The summed E-state index contributed by atoms with van der Waals surface area (Å²) < 4.78 is 0. The number of imidazole rings is 1. The fraction of sp³-hybridized carbons (Fsp3) is 0.500. The fourth-order valence-electron chi connectivity index (χ4n) is 2.33. The van der Waals surface area contributed by atoms with Gasteiger partial charge in [0.1, 0.15) is 10.8 Å². The predicted octanol–water partition coefficient (Wildman–Crippen LogP) is 1.09. The lowest BCUT2D eigenvalue weighted by molar-refractivity contribution is 0.112. The van der Waals surface area contributed by atoms with E-state index in [1.165, 1.54) is 11.3 Å². The molecule has 0 bridgehead atoms. The van der Waals surface area contributed by atoms with Crippen molar-refractivity contribution in [3.63, 3.8) is 0 Å². The van der Waals surface area contributed by atoms with Crippen molar-refractivity contribution in [3.8, 4) is 0 Å². The number of hydrogen-bond acceptors (Lipinski definition) is 6. The van der Waals surface area contributed by atoms with E-state index in [4.69, 9.17) is 0 Å². The number of piperazine rings is 1. The van der Waals surface area contributed by atoms with Gasteiger partial charge in [0, 0.05) is 32.0 Å². The minimum absolute atomic E-state index is 0.0793. The zero-order chi connectivity index (χ0) is 14.8. The predicted molar refractivity (Wildman–Crippen MR) is 79.2 cm³/mol. The summed E-state index contributed by atoms with van der Waals surface area (Å²) in [4.78, 5) is 23.7. The lowest BCUT2D eigenvalue weighted by Crippen LogP contribution is -2.50. The van der Waals surface area contributed by atoms with Gasteiger partial charge in [-0.05, 0) is 14.0 Å². The maximum atomic E-state index is 12.3. The number of rotatable bonds is 2. The maximum absolute atomic E-state index is 12.3. The number of nitrogens with zero attached hydrogens (tertiary/aromatic N) is 5. The van der Waals surface area contributed by atoms with Crippen LogP contribution in [-0.4, -0.2) is 62.7 Å². The van der Waals surface area contributed by atoms with Gasteiger partial charge in [-0.1, -0.05) is 11.3 Å². The number of hydrogen-bond donors (Lipinski definition) is 2. The number of aryl methyl sites for hydroxylation is 1. The van der Waals surface area contributed by atoms with Crippen LogP contribution in [0, 0.1) is 6.92 Å². The average molecular weight is 307 g/mol. The molecule has 1 fully saturated rings. The number of nitrogens with one attached hydrogen (secondary N) is 2. The minimum atomic E-state index is -0.143. The highest BCUT2D eigenvalue weighted by atomic mass is 32.1. The number of anilines is 1. The van der Waals surface area contributed by atoms with Crippen molar-refractivity contribution in [2.75, 3.05) is 32.0 Å². The molecule has 0 spiro atoms. The third kappa shape index (κ3) is 3.03. The van der Waals surface area contributed by atoms with Gasteiger partial charge in [0.05, 0.1) is 6.04 Å². The second-order valence-corrected chi connectivity index (χ2v) is 6.15. The number of carbonyl (C=O) groups is 1. The molecular formula is C12H17N7OS. The molecular weight excluding hydrogens is 290 g/mol. The van der Waals surface area contributed by atoms with E-state index in [0.29, 0.717) is 18.2 Å². The molecule has 3 heterocycles. The monoisotopic (exact) mass is 307 g/mol. The van der Waals surface area contributed by atoms with Crippen molar-refractivity contribution in [1.29, 1.82) is 0 Å². The topological polar surface area (TPSA) is 90.0 Å². The molecule has 8 nitrogen and oxygen atoms in total. The van der Waals surface area contributed by atoms with Crippen LogP contribution in [0.15, 0.2) is 12.4 Å². The molecule has 0 aliphatic carbocycles. The van der Waals surface area contributed by atoms with Crippen LogP contribution < -0.4 is 5.32 Å². The molecule has 0 radical (unpaired) electrons. The number of carbonyl (C=O) groups excluding carboxylic acids is 1. The highest BCUT2D eigenvalue weighted by Crippen LogP contribution is 2.22. The lowest BCUT2D eigenvalue weighted by atomic mass is 10.2. The van der Waals surface area contributed by atoms with Crippen LogP contribution in [-0.2, 0) is 0 Å². The van der Waals surface area contributed by atoms with Crippen LogP contribution in [0.5, 0.6) is 0 Å². The van der Waals surface area contributed by atoms with Crippen LogP contribution in [0.4, 0.5) is 9.93 Å². The van der Waals surface area contributed by atoms with E-state index in [2.05, 4.69) is 30.4 Å². The second-order valence-electron chi connectivity index (χ2n) is 4.97. The Morgan fingerprint density at radius 3 is 3.00 bits per heavy atom. The van der Waals surface area contributed by atoms with E-state index in [-0.39, 0.29) is 12.1 Å². The maximum Gasteiger partial charge on any atom is 0.323 e. The standard InChI is InChI=1S/C12H17N7OS/c1-8-16-17-11(21-8)15-12(20)19-6-5-18(2)9(7-19)10-13-3-4-14-10/h3-4,9H,5-7H2,1-2H3,(H,13,14)(H,15,17,20)/t9-/m0/s1. The molecule has 9 heteroatoms. The third-order valence-corrected chi connectivity index (χ3v) is 4.26. The summed E-state index contributed by atoms with van der Waals surface area (Å²) in [5.74, 6) is 0.877. The van der Waals surface area contributed by atoms with Gasteiger partial charge in [0.25, 0.3) is 0 Å². The highest BCUT2D eigenvalue weighted by Gasteiger charge is 2.30. The van der Waals surface area contributed by atoms with Gasteiger partial charge in [-0.3, -0.25) is 10.2 Å². The van der Waals surface area contributed by atoms with Gasteiger partial charge in [0.15, 0.2) is 0 Å². The fourth-order valence-corrected chi connectivity index (χ4v) is 2.91. The summed E-state index contributed by atoms with van der Waals surface area (Å²) in [6.45, 7) is 3.93. The van der Waals surface area contributed by atoms with Crippen LogP contribution in [0.2, 0.25) is 0 Å². The molecule has 2 amide bonds. The minimum Gasteiger partial charge on any atom is -0.347 e. The molecule has 2 aromatic heterocycles. The van der Waals surface area contributed by atoms with Crippen LogP contribution in [0.3, 0.4) is 0 Å². The molecule has 2 N–H and O–H groups in total. The number of aromatic nitrogens is 4. The third-order valence-electron chi connectivity index (χ3n) is 3.51. The summed E-state index contributed by atoms with van der Waals surface area (Å²) in [5.41, 5.74) is 0. The van der Waals surface area contributed by atoms with Crippen molar-refractivity contribution in [2.45, 2.75) is 13.0 Å². The van der Waals surface area contributed by atoms with Crippen molar-refractivity contribution >= 4 is 22.5 Å². The van der Waals surface area contributed by atoms with Crippen LogP contribution in [0.25, 0.3) is 0 Å². The van der Waals surface area contributed by atoms with E-state index < -0.39 is 0 Å². The number of H-pyrrole nitrogens is 1. The Labute approximate surface area is 126 Å². The molecule has 0 aromatic carbocycles. The van der Waals surface area contributed by atoms with Crippen molar-refractivity contribution < 1.29 is 4.79 Å². The summed E-state index contributed by atoms with van der Waals surface area (Å²) in [6, 6.07) is -0.0635. The van der Waals surface area contributed by atoms with E-state index in [9.17, 15) is 4.79 Å². The highest BCUT2D eigenvalue weighted by molar-refractivity contribution is 7.15. The molecule has 0 saturated carbocycles. The summed E-state index contributed by atoms with van der Waals surface area (Å²) in [7, 11) is 2.04. The Balaban J connectivity index is 1.67. The van der Waals surface area contributed by atoms with Crippen LogP contribution >= 0.6 is 11.3 Å². The Kier molecular flexibility index (Phi) is 3.84. The molecule has 2 aromatic rings. The SMILES string of the molecule is Cc1nnc(NC(=O)N2CCN(C)[C@H](c3ncc[nH]3)C2)s1.